The summed E-state index contributed by atoms with van der Waals surface area (Å²) in [6.45, 7) is 19.1. The van der Waals surface area contributed by atoms with E-state index in [2.05, 4.69) is 124 Å². The van der Waals surface area contributed by atoms with Crippen LogP contribution in [0.15, 0.2) is 64.3 Å². The second-order valence-corrected chi connectivity index (χ2v) is 25.8. The van der Waals surface area contributed by atoms with Crippen molar-refractivity contribution in [2.45, 2.75) is 129 Å². The molecule has 1 saturated heterocycles. The summed E-state index contributed by atoms with van der Waals surface area (Å²) in [6, 6.07) is 16.6. The molecule has 5 N–H and O–H groups in total. The number of rotatable bonds is 17. The Morgan fingerprint density at radius 1 is 0.949 bits per heavy atom. The standard InChI is InChI=1S/C53H67N6O16P3/c1-10-58-42-26-44-40(24-38(42)32(3)28-52(58,5)6)48(41-25-39-33(4)29-53(7,8)59(11-2)43(39)27-45(41)73-44)36-17-12-13-18-37(36)50(62)56(9)23-15-19-46(60)54-22-14-16-34-30-57(51(63)55-49(34)61)47-21-20-35(72-47)31-71-77(67,68)75-78(69,70)74-76(64,65)66/h12-13,17-18,24-27,30,32-33,35,47H,10-11,15,19-23,28-29,31H2,1-9H3,(H5-,54,55,60,61,63,64,65,66,67,68,69,70)/t32?,33?,35-,47+/m0/s1. The van der Waals surface area contributed by atoms with E-state index >= 15 is 0 Å². The molecular formula is C53H67N6O16P3. The van der Waals surface area contributed by atoms with Gasteiger partial charge in [0.15, 0.2) is 5.54 Å². The number of carbonyl (C=O) groups is 2. The summed E-state index contributed by atoms with van der Waals surface area (Å²) in [6.07, 6.45) is 1.73. The number of benzene rings is 3. The molecule has 25 heteroatoms. The van der Waals surface area contributed by atoms with Crippen molar-refractivity contribution in [2.24, 2.45) is 0 Å². The van der Waals surface area contributed by atoms with Gasteiger partial charge < -0.3 is 44.2 Å². The Morgan fingerprint density at radius 2 is 1.67 bits per heavy atom. The number of H-pyrrole nitrogens is 1. The number of fused-ring (bicyclic) bond motifs is 4. The minimum Gasteiger partial charge on any atom is -0.756 e. The van der Waals surface area contributed by atoms with Gasteiger partial charge in [-0.15, -0.1) is 0 Å². The zero-order chi connectivity index (χ0) is 56.9. The lowest BCUT2D eigenvalue weighted by Crippen LogP contribution is -2.52. The Bertz CT molecular complexity index is 3520. The van der Waals surface area contributed by atoms with E-state index in [1.165, 1.54) is 11.1 Å². The van der Waals surface area contributed by atoms with Gasteiger partial charge in [-0.1, -0.05) is 43.9 Å². The van der Waals surface area contributed by atoms with Gasteiger partial charge in [0.2, 0.25) is 11.3 Å². The van der Waals surface area contributed by atoms with Gasteiger partial charge in [-0.05, 0) is 108 Å². The summed E-state index contributed by atoms with van der Waals surface area (Å²) in [5.41, 5.74) is 4.85. The Kier molecular flexibility index (Phi) is 16.9. The number of carbonyl (C=O) groups excluding carboxylic acids is 2. The monoisotopic (exact) mass is 1140 g/mol. The zero-order valence-electron chi connectivity index (χ0n) is 45.1. The van der Waals surface area contributed by atoms with Gasteiger partial charge in [-0.25, -0.2) is 22.8 Å². The van der Waals surface area contributed by atoms with Gasteiger partial charge in [0.25, 0.3) is 19.3 Å². The molecule has 420 valence electrons. The molecule has 0 bridgehead atoms. The molecule has 1 fully saturated rings. The smallest absolute Gasteiger partial charge is 0.487 e. The van der Waals surface area contributed by atoms with Crippen molar-refractivity contribution in [3.63, 3.8) is 0 Å². The molecule has 1 aromatic heterocycles. The van der Waals surface area contributed by atoms with Gasteiger partial charge in [0, 0.05) is 84.0 Å². The third-order valence-electron chi connectivity index (χ3n) is 14.8. The summed E-state index contributed by atoms with van der Waals surface area (Å²) in [5, 5.41) is 4.78. The molecule has 4 aliphatic heterocycles. The van der Waals surface area contributed by atoms with Crippen LogP contribution >= 0.6 is 23.5 Å². The predicted molar refractivity (Wildman–Crippen MR) is 287 cm³/mol. The number of aromatic amines is 1. The number of phosphoric acid groups is 3. The van der Waals surface area contributed by atoms with Crippen molar-refractivity contribution >= 4 is 46.5 Å². The average Bonchev–Trinajstić information content (AvgIpc) is 3.48. The van der Waals surface area contributed by atoms with Crippen molar-refractivity contribution in [1.82, 2.24) is 24.3 Å². The van der Waals surface area contributed by atoms with Crippen LogP contribution in [0.1, 0.15) is 150 Å². The molecule has 4 aromatic rings. The predicted octanol–water partition coefficient (Wildman–Crippen LogP) is 5.21. The second-order valence-electron chi connectivity index (χ2n) is 21.4. The molecule has 2 amide bonds. The van der Waals surface area contributed by atoms with Crippen LogP contribution in [0.2, 0.25) is 0 Å². The molecule has 0 aliphatic carbocycles. The van der Waals surface area contributed by atoms with Crippen LogP contribution < -0.4 is 46.2 Å². The normalized spacial score (nSPS) is 22.2. The van der Waals surface area contributed by atoms with E-state index in [9.17, 15) is 47.6 Å². The Hall–Kier alpha value is -5.52. The van der Waals surface area contributed by atoms with Gasteiger partial charge in [0.05, 0.1) is 25.3 Å². The van der Waals surface area contributed by atoms with E-state index in [-0.39, 0.29) is 72.6 Å². The van der Waals surface area contributed by atoms with E-state index in [1.54, 1.807) is 11.9 Å². The van der Waals surface area contributed by atoms with E-state index < -0.39 is 53.7 Å². The number of hydrogen-bond donors (Lipinski definition) is 5. The molecule has 5 heterocycles. The van der Waals surface area contributed by atoms with E-state index in [4.69, 9.17) is 14.4 Å². The molecule has 8 rings (SSSR count). The minimum atomic E-state index is -5.83. The lowest BCUT2D eigenvalue weighted by Gasteiger charge is -2.47. The summed E-state index contributed by atoms with van der Waals surface area (Å²) in [4.78, 5) is 97.8. The lowest BCUT2D eigenvalue weighted by atomic mass is 9.77. The van der Waals surface area contributed by atoms with Gasteiger partial charge in [-0.3, -0.25) is 33.0 Å². The first kappa shape index (κ1) is 58.6. The van der Waals surface area contributed by atoms with Crippen LogP contribution in [0.25, 0.3) is 5.57 Å². The molecule has 5 unspecified atom stereocenters. The zero-order valence-corrected chi connectivity index (χ0v) is 47.7. The van der Waals surface area contributed by atoms with Crippen LogP contribution in [0, 0.1) is 11.8 Å². The van der Waals surface area contributed by atoms with E-state index in [1.807, 2.05) is 24.3 Å². The summed E-state index contributed by atoms with van der Waals surface area (Å²) in [7, 11) is -15.3. The number of aromatic nitrogens is 2. The number of anilines is 1. The highest BCUT2D eigenvalue weighted by molar-refractivity contribution is 7.66. The molecule has 0 radical (unpaired) electrons. The highest BCUT2D eigenvalue weighted by Gasteiger charge is 2.42. The Morgan fingerprint density at radius 3 is 2.37 bits per heavy atom. The largest absolute Gasteiger partial charge is 0.756 e. The summed E-state index contributed by atoms with van der Waals surface area (Å²) in [5.74, 6) is 6.79. The van der Waals surface area contributed by atoms with Gasteiger partial charge in [-0.2, -0.15) is 4.31 Å². The third-order valence-corrected chi connectivity index (χ3v) is 18.6. The molecule has 0 spiro atoms. The van der Waals surface area contributed by atoms with Gasteiger partial charge >= 0.3 is 21.3 Å². The quantitative estimate of drug-likeness (QED) is 0.0454. The topological polar surface area (TPSA) is 292 Å². The van der Waals surface area contributed by atoms with Crippen LogP contribution in [-0.4, -0.2) is 98.0 Å². The first-order valence-electron chi connectivity index (χ1n) is 25.9. The fourth-order valence-corrected chi connectivity index (χ4v) is 14.7. The van der Waals surface area contributed by atoms with Crippen molar-refractivity contribution in [3.8, 4) is 23.3 Å². The van der Waals surface area contributed by atoms with Crippen LogP contribution in [0.4, 0.5) is 5.69 Å². The maximum atomic E-state index is 14.7. The SMILES string of the molecule is CCN1c2cc3c(cc2C(C)CC1(C)C)C(c1ccccc1C(=O)N(C)CCCC(=O)NCC#Cc1cn([C@H]2CC[C@@H](COP(=O)(O)OP(=O)(O)OP(=O)([O-])O)O2)c(=O)[nH]c1=O)=c1cc2c(cc1O3)=[N+](CC)C(C)(C)CC2C. The molecule has 3 aromatic carbocycles. The maximum absolute atomic E-state index is 14.7. The summed E-state index contributed by atoms with van der Waals surface area (Å²) >= 11 is 0. The van der Waals surface area contributed by atoms with E-state index in [0.717, 1.165) is 81.2 Å². The molecule has 0 saturated carbocycles. The van der Waals surface area contributed by atoms with Gasteiger partial charge in [0.1, 0.15) is 29.8 Å². The van der Waals surface area contributed by atoms with Crippen molar-refractivity contribution < 1.29 is 65.5 Å². The second kappa shape index (κ2) is 22.6. The van der Waals surface area contributed by atoms with E-state index in [0.29, 0.717) is 12.0 Å². The Balaban J connectivity index is 0.949. The lowest BCUT2D eigenvalue weighted by molar-refractivity contribution is -0.212. The highest BCUT2D eigenvalue weighted by Crippen LogP contribution is 2.65. The van der Waals surface area contributed by atoms with Crippen molar-refractivity contribution in [1.29, 1.82) is 0 Å². The fourth-order valence-electron chi connectivity index (χ4n) is 11.7. The third kappa shape index (κ3) is 12.7. The first-order valence-corrected chi connectivity index (χ1v) is 30.3. The molecule has 78 heavy (non-hydrogen) atoms. The average molecular weight is 1140 g/mol. The minimum absolute atomic E-state index is 0.0603. The van der Waals surface area contributed by atoms with Crippen LogP contribution in [0.3, 0.4) is 0 Å². The number of ether oxygens (including phenoxy) is 2. The molecular weight excluding hydrogens is 1070 g/mol. The number of hydrogen-bond acceptors (Lipinski definition) is 14. The van der Waals surface area contributed by atoms with Crippen LogP contribution in [0.5, 0.6) is 11.5 Å². The Labute approximate surface area is 451 Å². The van der Waals surface area contributed by atoms with Crippen molar-refractivity contribution in [2.75, 3.05) is 44.7 Å². The maximum Gasteiger partial charge on any atom is 0.487 e. The van der Waals surface area contributed by atoms with Crippen molar-refractivity contribution in [3.05, 3.63) is 120 Å². The fraction of sp³-hybridized carbons (Fsp3) is 0.491. The number of amides is 2. The molecule has 4 aliphatic rings. The number of nitrogens with zero attached hydrogens (tertiary/aromatic N) is 4. The van der Waals surface area contributed by atoms with Crippen LogP contribution in [-0.2, 0) is 36.4 Å². The first-order chi connectivity index (χ1) is 36.5. The molecule has 7 atom stereocenters. The highest BCUT2D eigenvalue weighted by atomic mass is 31.3. The summed E-state index contributed by atoms with van der Waals surface area (Å²) < 4.78 is 62.6. The molecule has 22 nitrogen and oxygen atoms in total. The number of phosphoric ester groups is 1. The number of nitrogens with one attached hydrogen (secondary N) is 2.